The molecular formula is C8H12ClIr-. The summed E-state index contributed by atoms with van der Waals surface area (Å²) in [4.78, 5) is 0. The normalized spacial score (nSPS) is 19.2. The molecule has 0 heterocycles. The first-order valence-electron chi connectivity index (χ1n) is 3.30. The summed E-state index contributed by atoms with van der Waals surface area (Å²) < 4.78 is 0. The van der Waals surface area contributed by atoms with Crippen molar-refractivity contribution in [2.75, 3.05) is 0 Å². The molecule has 0 nitrogen and oxygen atoms in total. The van der Waals surface area contributed by atoms with Gasteiger partial charge in [0, 0.05) is 20.1 Å². The van der Waals surface area contributed by atoms with Crippen LogP contribution in [0.4, 0.5) is 0 Å². The summed E-state index contributed by atoms with van der Waals surface area (Å²) in [5.74, 6) is 0. The molecule has 2 heteroatoms. The smallest absolute Gasteiger partial charge is 0 e. The number of rotatable bonds is 0. The van der Waals surface area contributed by atoms with Crippen molar-refractivity contribution in [3.63, 3.8) is 0 Å². The predicted molar refractivity (Wildman–Crippen MR) is 36.7 cm³/mol. The van der Waals surface area contributed by atoms with Crippen molar-refractivity contribution in [2.24, 2.45) is 0 Å². The SMILES string of the molecule is C1=CCC/C=C\CC1.[Cl-].[Ir]. The predicted octanol–water partition coefficient (Wildman–Crippen LogP) is -0.326. The van der Waals surface area contributed by atoms with Crippen LogP contribution in [0.15, 0.2) is 24.3 Å². The second kappa shape index (κ2) is 9.42. The third kappa shape index (κ3) is 6.54. The van der Waals surface area contributed by atoms with Crippen LogP contribution in [0.1, 0.15) is 25.7 Å². The Morgan fingerprint density at radius 3 is 1.00 bits per heavy atom. The van der Waals surface area contributed by atoms with Gasteiger partial charge in [0.1, 0.15) is 0 Å². The third-order valence-electron chi connectivity index (χ3n) is 1.33. The summed E-state index contributed by atoms with van der Waals surface area (Å²) in [6, 6.07) is 0. The number of hydrogen-bond donors (Lipinski definition) is 0. The molecule has 61 valence electrons. The van der Waals surface area contributed by atoms with Gasteiger partial charge in [-0.15, -0.1) is 0 Å². The van der Waals surface area contributed by atoms with Gasteiger partial charge >= 0.3 is 0 Å². The average molecular weight is 336 g/mol. The van der Waals surface area contributed by atoms with E-state index in [2.05, 4.69) is 24.3 Å². The first-order valence-corrected chi connectivity index (χ1v) is 3.30. The Kier molecular flexibility index (Phi) is 12.3. The van der Waals surface area contributed by atoms with Crippen LogP contribution in [-0.2, 0) is 20.1 Å². The van der Waals surface area contributed by atoms with Gasteiger partial charge in [-0.3, -0.25) is 0 Å². The van der Waals surface area contributed by atoms with Crippen molar-refractivity contribution in [3.05, 3.63) is 24.3 Å². The maximum absolute atomic E-state index is 2.27. The fraction of sp³-hybridized carbons (Fsp3) is 0.500. The molecule has 0 bridgehead atoms. The van der Waals surface area contributed by atoms with Crippen molar-refractivity contribution in [1.82, 2.24) is 0 Å². The van der Waals surface area contributed by atoms with E-state index < -0.39 is 0 Å². The number of allylic oxidation sites excluding steroid dienone is 4. The van der Waals surface area contributed by atoms with E-state index in [1.54, 1.807) is 0 Å². The summed E-state index contributed by atoms with van der Waals surface area (Å²) >= 11 is 0. The molecule has 0 saturated heterocycles. The molecular weight excluding hydrogens is 324 g/mol. The van der Waals surface area contributed by atoms with Crippen LogP contribution in [-0.4, -0.2) is 0 Å². The van der Waals surface area contributed by atoms with Crippen molar-refractivity contribution >= 4 is 0 Å². The second-order valence-corrected chi connectivity index (χ2v) is 2.10. The molecule has 0 aromatic carbocycles. The van der Waals surface area contributed by atoms with Gasteiger partial charge in [-0.2, -0.15) is 0 Å². The fourth-order valence-electron chi connectivity index (χ4n) is 0.856. The molecule has 0 amide bonds. The quantitative estimate of drug-likeness (QED) is 0.532. The molecule has 0 spiro atoms. The van der Waals surface area contributed by atoms with E-state index in [1.165, 1.54) is 25.7 Å². The standard InChI is InChI=1S/C8H12.ClH.Ir/c1-2-4-6-8-7-5-3-1;;/h1-2,7-8H,3-6H2;1H;/p-1/b2-1-,8-7?;;. The minimum absolute atomic E-state index is 0. The van der Waals surface area contributed by atoms with Gasteiger partial charge in [-0.05, 0) is 25.7 Å². The molecule has 0 N–H and O–H groups in total. The van der Waals surface area contributed by atoms with Gasteiger partial charge in [0.25, 0.3) is 0 Å². The molecule has 0 saturated carbocycles. The monoisotopic (exact) mass is 336 g/mol. The van der Waals surface area contributed by atoms with Gasteiger partial charge in [-0.1, -0.05) is 24.3 Å². The summed E-state index contributed by atoms with van der Waals surface area (Å²) in [5.41, 5.74) is 0. The minimum Gasteiger partial charge on any atom is -1.00 e. The topological polar surface area (TPSA) is 0 Å². The van der Waals surface area contributed by atoms with E-state index in [9.17, 15) is 0 Å². The Bertz CT molecular complexity index is 81.8. The molecule has 0 atom stereocenters. The van der Waals surface area contributed by atoms with Crippen LogP contribution in [0.3, 0.4) is 0 Å². The van der Waals surface area contributed by atoms with Gasteiger partial charge in [0.2, 0.25) is 0 Å². The van der Waals surface area contributed by atoms with E-state index in [0.717, 1.165) is 0 Å². The molecule has 10 heavy (non-hydrogen) atoms. The Morgan fingerprint density at radius 2 is 0.800 bits per heavy atom. The van der Waals surface area contributed by atoms with E-state index in [0.29, 0.717) is 0 Å². The molecule has 1 aliphatic carbocycles. The van der Waals surface area contributed by atoms with Crippen molar-refractivity contribution in [2.45, 2.75) is 25.7 Å². The van der Waals surface area contributed by atoms with Crippen LogP contribution < -0.4 is 12.4 Å². The Morgan fingerprint density at radius 1 is 0.600 bits per heavy atom. The molecule has 1 radical (unpaired) electrons. The zero-order chi connectivity index (χ0) is 5.66. The second-order valence-electron chi connectivity index (χ2n) is 2.10. The largest absolute Gasteiger partial charge is 1.00 e. The number of hydrogen-bond acceptors (Lipinski definition) is 0. The van der Waals surface area contributed by atoms with Crippen molar-refractivity contribution < 1.29 is 32.5 Å². The Labute approximate surface area is 82.5 Å². The molecule has 1 aliphatic rings. The maximum atomic E-state index is 2.27. The van der Waals surface area contributed by atoms with Crippen LogP contribution in [0, 0.1) is 0 Å². The Hall–Kier alpha value is 0.419. The van der Waals surface area contributed by atoms with Crippen LogP contribution in [0.5, 0.6) is 0 Å². The Balaban J connectivity index is 0. The zero-order valence-electron chi connectivity index (χ0n) is 5.85. The van der Waals surface area contributed by atoms with E-state index in [4.69, 9.17) is 0 Å². The third-order valence-corrected chi connectivity index (χ3v) is 1.33. The molecule has 0 fully saturated rings. The molecule has 0 aromatic rings. The number of halogens is 1. The molecule has 1 rings (SSSR count). The van der Waals surface area contributed by atoms with E-state index >= 15 is 0 Å². The van der Waals surface area contributed by atoms with Crippen LogP contribution in [0.25, 0.3) is 0 Å². The zero-order valence-corrected chi connectivity index (χ0v) is 9.00. The van der Waals surface area contributed by atoms with E-state index in [-0.39, 0.29) is 32.5 Å². The van der Waals surface area contributed by atoms with E-state index in [1.807, 2.05) is 0 Å². The van der Waals surface area contributed by atoms with Crippen LogP contribution in [0.2, 0.25) is 0 Å². The first-order chi connectivity index (χ1) is 4.00. The summed E-state index contributed by atoms with van der Waals surface area (Å²) in [7, 11) is 0. The summed E-state index contributed by atoms with van der Waals surface area (Å²) in [6.07, 6.45) is 14.0. The van der Waals surface area contributed by atoms with Crippen molar-refractivity contribution in [3.8, 4) is 0 Å². The first kappa shape index (κ1) is 13.0. The molecule has 0 aromatic heterocycles. The van der Waals surface area contributed by atoms with Crippen molar-refractivity contribution in [1.29, 1.82) is 0 Å². The van der Waals surface area contributed by atoms with Crippen LogP contribution >= 0.6 is 0 Å². The summed E-state index contributed by atoms with van der Waals surface area (Å²) in [5, 5.41) is 0. The van der Waals surface area contributed by atoms with Gasteiger partial charge in [0.05, 0.1) is 0 Å². The maximum Gasteiger partial charge on any atom is 0 e. The summed E-state index contributed by atoms with van der Waals surface area (Å²) in [6.45, 7) is 0. The van der Waals surface area contributed by atoms with Gasteiger partial charge < -0.3 is 12.4 Å². The minimum atomic E-state index is 0. The fourth-order valence-corrected chi connectivity index (χ4v) is 0.856. The molecule has 0 aliphatic heterocycles. The van der Waals surface area contributed by atoms with Gasteiger partial charge in [0.15, 0.2) is 0 Å². The molecule has 0 unspecified atom stereocenters. The van der Waals surface area contributed by atoms with Gasteiger partial charge in [-0.25, -0.2) is 0 Å². The average Bonchev–Trinajstić information content (AvgIpc) is 1.62.